The smallest absolute Gasteiger partial charge is 0.261 e. The van der Waals surface area contributed by atoms with Crippen LogP contribution in [0.5, 0.6) is 0 Å². The normalized spacial score (nSPS) is 14.0. The molecule has 2 aromatic carbocycles. The fraction of sp³-hybridized carbons (Fsp3) is 0.200. The minimum Gasteiger partial charge on any atom is -0.397 e. The molecule has 0 amide bonds. The molecule has 3 N–H and O–H groups in total. The summed E-state index contributed by atoms with van der Waals surface area (Å²) in [6, 6.07) is 10.4. The summed E-state index contributed by atoms with van der Waals surface area (Å²) in [7, 11) is -3.62. The standard InChI is InChI=1S/C15H15BrN2O2S/c16-12-5-7-15(14(17)9-12)18-21(19,20)13-6-4-10-2-1-3-11(10)8-13/h4-9,18H,1-3,17H2. The Morgan fingerprint density at radius 2 is 1.81 bits per heavy atom. The van der Waals surface area contributed by atoms with Crippen molar-refractivity contribution in [1.82, 2.24) is 0 Å². The highest BCUT2D eigenvalue weighted by Gasteiger charge is 2.19. The summed E-state index contributed by atoms with van der Waals surface area (Å²) in [4.78, 5) is 0.283. The van der Waals surface area contributed by atoms with Crippen LogP contribution < -0.4 is 10.5 Å². The Kier molecular flexibility index (Phi) is 3.67. The Balaban J connectivity index is 1.93. The highest BCUT2D eigenvalue weighted by Crippen LogP contribution is 2.28. The highest BCUT2D eigenvalue weighted by atomic mass is 79.9. The maximum absolute atomic E-state index is 12.5. The van der Waals surface area contributed by atoms with Gasteiger partial charge in [-0.25, -0.2) is 8.42 Å². The zero-order valence-corrected chi connectivity index (χ0v) is 13.7. The molecule has 0 spiro atoms. The molecule has 3 rings (SSSR count). The Hall–Kier alpha value is -1.53. The van der Waals surface area contributed by atoms with Crippen LogP contribution in [0.3, 0.4) is 0 Å². The quantitative estimate of drug-likeness (QED) is 0.818. The van der Waals surface area contributed by atoms with Crippen molar-refractivity contribution in [2.24, 2.45) is 0 Å². The van der Waals surface area contributed by atoms with E-state index in [0.717, 1.165) is 29.3 Å². The average molecular weight is 367 g/mol. The van der Waals surface area contributed by atoms with Gasteiger partial charge in [-0.15, -0.1) is 0 Å². The molecule has 2 aromatic rings. The van der Waals surface area contributed by atoms with Crippen LogP contribution in [0, 0.1) is 0 Å². The molecule has 0 unspecified atom stereocenters. The first-order valence-corrected chi connectivity index (χ1v) is 8.93. The molecule has 4 nitrogen and oxygen atoms in total. The molecule has 6 heteroatoms. The van der Waals surface area contributed by atoms with E-state index in [1.165, 1.54) is 5.56 Å². The SMILES string of the molecule is Nc1cc(Br)ccc1NS(=O)(=O)c1ccc2c(c1)CCC2. The van der Waals surface area contributed by atoms with Gasteiger partial charge < -0.3 is 5.73 Å². The van der Waals surface area contributed by atoms with E-state index in [1.807, 2.05) is 6.07 Å². The highest BCUT2D eigenvalue weighted by molar-refractivity contribution is 9.10. The van der Waals surface area contributed by atoms with Crippen molar-refractivity contribution < 1.29 is 8.42 Å². The maximum atomic E-state index is 12.5. The van der Waals surface area contributed by atoms with Crippen LogP contribution in [0.15, 0.2) is 45.8 Å². The van der Waals surface area contributed by atoms with Crippen LogP contribution in [0.25, 0.3) is 0 Å². The molecule has 21 heavy (non-hydrogen) atoms. The third-order valence-electron chi connectivity index (χ3n) is 3.64. The Morgan fingerprint density at radius 3 is 2.57 bits per heavy atom. The lowest BCUT2D eigenvalue weighted by molar-refractivity contribution is 0.601. The van der Waals surface area contributed by atoms with E-state index in [-0.39, 0.29) is 4.90 Å². The number of hydrogen-bond donors (Lipinski definition) is 2. The van der Waals surface area contributed by atoms with Crippen molar-refractivity contribution in [3.63, 3.8) is 0 Å². The van der Waals surface area contributed by atoms with E-state index in [1.54, 1.807) is 30.3 Å². The summed E-state index contributed by atoms with van der Waals surface area (Å²) in [5, 5.41) is 0. The predicted molar refractivity (Wildman–Crippen MR) is 87.8 cm³/mol. The molecule has 0 fully saturated rings. The van der Waals surface area contributed by atoms with Gasteiger partial charge in [-0.05, 0) is 60.7 Å². The Labute approximate surface area is 132 Å². The third kappa shape index (κ3) is 2.91. The number of fused-ring (bicyclic) bond motifs is 1. The second-order valence-electron chi connectivity index (χ2n) is 5.12. The van der Waals surface area contributed by atoms with Crippen molar-refractivity contribution in [1.29, 1.82) is 0 Å². The summed E-state index contributed by atoms with van der Waals surface area (Å²) in [6.45, 7) is 0. The Bertz CT molecular complexity index is 803. The van der Waals surface area contributed by atoms with Crippen LogP contribution in [0.1, 0.15) is 17.5 Å². The van der Waals surface area contributed by atoms with E-state index in [0.29, 0.717) is 11.4 Å². The average Bonchev–Trinajstić information content (AvgIpc) is 2.89. The monoisotopic (exact) mass is 366 g/mol. The molecule has 1 aliphatic carbocycles. The summed E-state index contributed by atoms with van der Waals surface area (Å²) < 4.78 is 28.3. The van der Waals surface area contributed by atoms with Gasteiger partial charge in [0, 0.05) is 4.47 Å². The zero-order valence-electron chi connectivity index (χ0n) is 11.3. The van der Waals surface area contributed by atoms with Gasteiger partial charge in [0.1, 0.15) is 0 Å². The van der Waals surface area contributed by atoms with E-state index in [2.05, 4.69) is 20.7 Å². The first kappa shape index (κ1) is 14.4. The molecule has 110 valence electrons. The van der Waals surface area contributed by atoms with E-state index in [4.69, 9.17) is 5.73 Å². The van der Waals surface area contributed by atoms with Crippen molar-refractivity contribution in [2.75, 3.05) is 10.5 Å². The fourth-order valence-electron chi connectivity index (χ4n) is 2.55. The van der Waals surface area contributed by atoms with Gasteiger partial charge in [0.05, 0.1) is 16.3 Å². The number of anilines is 2. The van der Waals surface area contributed by atoms with E-state index >= 15 is 0 Å². The van der Waals surface area contributed by atoms with Crippen LogP contribution in [0.4, 0.5) is 11.4 Å². The van der Waals surface area contributed by atoms with Crippen molar-refractivity contribution in [2.45, 2.75) is 24.2 Å². The molecular formula is C15H15BrN2O2S. The van der Waals surface area contributed by atoms with Crippen LogP contribution in [-0.4, -0.2) is 8.42 Å². The van der Waals surface area contributed by atoms with Crippen molar-refractivity contribution >= 4 is 37.3 Å². The third-order valence-corrected chi connectivity index (χ3v) is 5.49. The number of nitrogen functional groups attached to an aromatic ring is 1. The minimum absolute atomic E-state index is 0.283. The zero-order chi connectivity index (χ0) is 15.0. The molecular weight excluding hydrogens is 352 g/mol. The van der Waals surface area contributed by atoms with E-state index in [9.17, 15) is 8.42 Å². The summed E-state index contributed by atoms with van der Waals surface area (Å²) in [5.41, 5.74) is 8.98. The number of rotatable bonds is 3. The maximum Gasteiger partial charge on any atom is 0.261 e. The molecule has 1 aliphatic rings. The van der Waals surface area contributed by atoms with Gasteiger partial charge in [0.2, 0.25) is 0 Å². The van der Waals surface area contributed by atoms with Gasteiger partial charge in [-0.2, -0.15) is 0 Å². The number of nitrogens with two attached hydrogens (primary N) is 1. The number of nitrogens with one attached hydrogen (secondary N) is 1. The molecule has 0 saturated carbocycles. The van der Waals surface area contributed by atoms with Gasteiger partial charge in [-0.3, -0.25) is 4.72 Å². The lowest BCUT2D eigenvalue weighted by Crippen LogP contribution is -2.14. The molecule has 0 heterocycles. The van der Waals surface area contributed by atoms with Gasteiger partial charge in [0.25, 0.3) is 10.0 Å². The van der Waals surface area contributed by atoms with Crippen molar-refractivity contribution in [3.8, 4) is 0 Å². The molecule has 0 aliphatic heterocycles. The fourth-order valence-corrected chi connectivity index (χ4v) is 4.06. The number of aryl methyl sites for hydroxylation is 2. The van der Waals surface area contributed by atoms with Gasteiger partial charge in [0.15, 0.2) is 0 Å². The van der Waals surface area contributed by atoms with Crippen LogP contribution in [0.2, 0.25) is 0 Å². The van der Waals surface area contributed by atoms with Crippen LogP contribution >= 0.6 is 15.9 Å². The number of benzene rings is 2. The summed E-state index contributed by atoms with van der Waals surface area (Å²) in [5.74, 6) is 0. The topological polar surface area (TPSA) is 72.2 Å². The molecule has 0 atom stereocenters. The van der Waals surface area contributed by atoms with Gasteiger partial charge in [-0.1, -0.05) is 22.0 Å². The number of sulfonamides is 1. The first-order valence-electron chi connectivity index (χ1n) is 6.65. The number of halogens is 1. The first-order chi connectivity index (χ1) is 9.95. The van der Waals surface area contributed by atoms with E-state index < -0.39 is 10.0 Å². The lowest BCUT2D eigenvalue weighted by atomic mass is 10.1. The molecule has 0 aromatic heterocycles. The lowest BCUT2D eigenvalue weighted by Gasteiger charge is -2.11. The Morgan fingerprint density at radius 1 is 1.05 bits per heavy atom. The van der Waals surface area contributed by atoms with Crippen LogP contribution in [-0.2, 0) is 22.9 Å². The van der Waals surface area contributed by atoms with Gasteiger partial charge >= 0.3 is 0 Å². The largest absolute Gasteiger partial charge is 0.397 e. The summed E-state index contributed by atoms with van der Waals surface area (Å²) in [6.07, 6.45) is 3.06. The second-order valence-corrected chi connectivity index (χ2v) is 7.72. The number of hydrogen-bond acceptors (Lipinski definition) is 3. The second kappa shape index (κ2) is 5.35. The molecule has 0 saturated heterocycles. The molecule has 0 bridgehead atoms. The summed E-state index contributed by atoms with van der Waals surface area (Å²) >= 11 is 3.30. The predicted octanol–water partition coefficient (Wildman–Crippen LogP) is 3.32. The van der Waals surface area contributed by atoms with Crippen molar-refractivity contribution in [3.05, 3.63) is 52.0 Å². The molecule has 0 radical (unpaired) electrons. The minimum atomic E-state index is -3.62.